The number of hydrogen-bond acceptors (Lipinski definition) is 6. The molecule has 0 spiro atoms. The first-order chi connectivity index (χ1) is 11.5. The molecule has 1 N–H and O–H groups in total. The Balaban J connectivity index is 1.85. The van der Waals surface area contributed by atoms with Crippen LogP contribution in [0, 0.1) is 6.92 Å². The largest absolute Gasteiger partial charge is 0.420 e. The van der Waals surface area contributed by atoms with Crippen LogP contribution in [0.15, 0.2) is 31.9 Å². The van der Waals surface area contributed by atoms with Gasteiger partial charge in [0.2, 0.25) is 0 Å². The van der Waals surface area contributed by atoms with E-state index in [4.69, 9.17) is 8.94 Å². The quantitative estimate of drug-likeness (QED) is 0.766. The monoisotopic (exact) mass is 330 g/mol. The average Bonchev–Trinajstić information content (AvgIpc) is 3.13. The molecule has 0 aliphatic carbocycles. The van der Waals surface area contributed by atoms with Crippen LogP contribution < -0.4 is 11.1 Å². The molecule has 0 saturated heterocycles. The number of aromatic nitrogens is 3. The third kappa shape index (κ3) is 3.08. The number of carbonyl (C=O) groups is 1. The number of fused-ring (bicyclic) bond motifs is 1. The minimum absolute atomic E-state index is 0.0104. The highest BCUT2D eigenvalue weighted by Gasteiger charge is 2.18. The van der Waals surface area contributed by atoms with Crippen LogP contribution >= 0.6 is 0 Å². The van der Waals surface area contributed by atoms with Gasteiger partial charge in [-0.1, -0.05) is 18.1 Å². The molecular weight excluding hydrogens is 312 g/mol. The van der Waals surface area contributed by atoms with Crippen molar-refractivity contribution in [2.24, 2.45) is 0 Å². The van der Waals surface area contributed by atoms with E-state index >= 15 is 0 Å². The Hall–Kier alpha value is -2.90. The summed E-state index contributed by atoms with van der Waals surface area (Å²) in [4.78, 5) is 28.0. The van der Waals surface area contributed by atoms with Gasteiger partial charge in [0.05, 0.1) is 12.1 Å². The average molecular weight is 330 g/mol. The van der Waals surface area contributed by atoms with E-state index in [0.717, 1.165) is 12.0 Å². The van der Waals surface area contributed by atoms with Crippen molar-refractivity contribution < 1.29 is 13.7 Å². The lowest BCUT2D eigenvalue weighted by atomic mass is 10.2. The maximum absolute atomic E-state index is 12.0. The number of aryl methyl sites for hydroxylation is 1. The summed E-state index contributed by atoms with van der Waals surface area (Å²) in [7, 11) is 0. The fourth-order valence-electron chi connectivity index (χ4n) is 2.26. The number of amides is 1. The second-order valence-corrected chi connectivity index (χ2v) is 5.72. The van der Waals surface area contributed by atoms with Crippen molar-refractivity contribution in [2.45, 2.75) is 39.8 Å². The minimum Gasteiger partial charge on any atom is -0.408 e. The Kier molecular flexibility index (Phi) is 4.20. The lowest BCUT2D eigenvalue weighted by Crippen LogP contribution is -2.32. The molecule has 0 saturated carbocycles. The molecule has 126 valence electrons. The van der Waals surface area contributed by atoms with Crippen molar-refractivity contribution in [3.05, 3.63) is 46.0 Å². The van der Waals surface area contributed by atoms with Gasteiger partial charge in [0.1, 0.15) is 0 Å². The van der Waals surface area contributed by atoms with Crippen molar-refractivity contribution in [2.75, 3.05) is 0 Å². The number of hydrogen-bond donors (Lipinski definition) is 1. The summed E-state index contributed by atoms with van der Waals surface area (Å²) in [6, 6.07) is 5.46. The van der Waals surface area contributed by atoms with Crippen molar-refractivity contribution in [3.8, 4) is 0 Å². The molecule has 8 heteroatoms. The first kappa shape index (κ1) is 16.0. The first-order valence-corrected chi connectivity index (χ1v) is 7.71. The van der Waals surface area contributed by atoms with E-state index in [0.29, 0.717) is 11.1 Å². The van der Waals surface area contributed by atoms with Gasteiger partial charge in [-0.3, -0.25) is 9.36 Å². The highest BCUT2D eigenvalue weighted by atomic mass is 16.5. The van der Waals surface area contributed by atoms with Crippen molar-refractivity contribution >= 4 is 17.0 Å². The van der Waals surface area contributed by atoms with Gasteiger partial charge in [-0.2, -0.15) is 4.98 Å². The van der Waals surface area contributed by atoms with Crippen LogP contribution in [0.1, 0.15) is 42.3 Å². The van der Waals surface area contributed by atoms with E-state index in [1.54, 1.807) is 6.07 Å². The number of benzene rings is 1. The first-order valence-electron chi connectivity index (χ1n) is 7.71. The van der Waals surface area contributed by atoms with Crippen LogP contribution in [0.4, 0.5) is 0 Å². The van der Waals surface area contributed by atoms with Crippen LogP contribution in [0.3, 0.4) is 0 Å². The molecule has 0 fully saturated rings. The molecule has 1 atom stereocenters. The molecule has 0 radical (unpaired) electrons. The molecule has 2 aromatic heterocycles. The molecule has 8 nitrogen and oxygen atoms in total. The standard InChI is InChI=1S/C16H18N4O4/c1-4-10(3)17-14(21)15-18-13(19-24-15)8-20-11-7-9(2)5-6-12(11)23-16(20)22/h5-7,10H,4,8H2,1-3H3,(H,17,21). The predicted molar refractivity (Wildman–Crippen MR) is 85.8 cm³/mol. The Morgan fingerprint density at radius 3 is 2.96 bits per heavy atom. The smallest absolute Gasteiger partial charge is 0.408 e. The highest BCUT2D eigenvalue weighted by Crippen LogP contribution is 2.15. The SMILES string of the molecule is CCC(C)NC(=O)c1nc(Cn2c(=O)oc3ccc(C)cc32)no1. The number of nitrogens with one attached hydrogen (secondary N) is 1. The van der Waals surface area contributed by atoms with Gasteiger partial charge in [-0.15, -0.1) is 0 Å². The van der Waals surface area contributed by atoms with E-state index in [1.807, 2.05) is 32.9 Å². The van der Waals surface area contributed by atoms with Crippen LogP contribution in [-0.4, -0.2) is 26.7 Å². The molecule has 1 unspecified atom stereocenters. The molecule has 0 aliphatic rings. The second kappa shape index (κ2) is 6.31. The summed E-state index contributed by atoms with van der Waals surface area (Å²) in [5, 5.41) is 6.51. The van der Waals surface area contributed by atoms with Gasteiger partial charge in [0, 0.05) is 6.04 Å². The summed E-state index contributed by atoms with van der Waals surface area (Å²) in [6.45, 7) is 5.83. The van der Waals surface area contributed by atoms with E-state index in [2.05, 4.69) is 15.5 Å². The molecule has 1 aromatic carbocycles. The summed E-state index contributed by atoms with van der Waals surface area (Å²) in [5.74, 6) is -0.827. The van der Waals surface area contributed by atoms with Crippen LogP contribution in [-0.2, 0) is 6.54 Å². The maximum atomic E-state index is 12.0. The Morgan fingerprint density at radius 2 is 2.21 bits per heavy atom. The zero-order valence-corrected chi connectivity index (χ0v) is 13.7. The van der Waals surface area contributed by atoms with E-state index in [-0.39, 0.29) is 24.3 Å². The number of carbonyl (C=O) groups excluding carboxylic acids is 1. The lowest BCUT2D eigenvalue weighted by Gasteiger charge is -2.07. The topological polar surface area (TPSA) is 103 Å². The molecule has 0 aliphatic heterocycles. The molecule has 1 amide bonds. The van der Waals surface area contributed by atoms with Crippen molar-refractivity contribution in [1.29, 1.82) is 0 Å². The zero-order chi connectivity index (χ0) is 17.3. The van der Waals surface area contributed by atoms with Crippen LogP contribution in [0.25, 0.3) is 11.1 Å². The highest BCUT2D eigenvalue weighted by molar-refractivity contribution is 5.89. The van der Waals surface area contributed by atoms with Crippen molar-refractivity contribution in [1.82, 2.24) is 20.0 Å². The molecule has 2 heterocycles. The zero-order valence-electron chi connectivity index (χ0n) is 13.7. The van der Waals surface area contributed by atoms with Gasteiger partial charge in [0.25, 0.3) is 0 Å². The summed E-state index contributed by atoms with van der Waals surface area (Å²) < 4.78 is 11.6. The van der Waals surface area contributed by atoms with Crippen molar-refractivity contribution in [3.63, 3.8) is 0 Å². The fraction of sp³-hybridized carbons (Fsp3) is 0.375. The predicted octanol–water partition coefficient (Wildman–Crippen LogP) is 1.86. The Morgan fingerprint density at radius 1 is 1.42 bits per heavy atom. The number of rotatable bonds is 5. The summed E-state index contributed by atoms with van der Waals surface area (Å²) in [6.07, 6.45) is 0.794. The van der Waals surface area contributed by atoms with Crippen LogP contribution in [0.5, 0.6) is 0 Å². The summed E-state index contributed by atoms with van der Waals surface area (Å²) >= 11 is 0. The maximum Gasteiger partial charge on any atom is 0.420 e. The second-order valence-electron chi connectivity index (χ2n) is 5.72. The van der Waals surface area contributed by atoms with Gasteiger partial charge >= 0.3 is 17.6 Å². The van der Waals surface area contributed by atoms with Gasteiger partial charge < -0.3 is 14.3 Å². The number of oxazole rings is 1. The molecule has 24 heavy (non-hydrogen) atoms. The Bertz CT molecular complexity index is 937. The van der Waals surface area contributed by atoms with Gasteiger partial charge in [-0.05, 0) is 38.0 Å². The van der Waals surface area contributed by atoms with E-state index < -0.39 is 11.7 Å². The molecular formula is C16H18N4O4. The molecule has 3 aromatic rings. The molecule has 0 bridgehead atoms. The van der Waals surface area contributed by atoms with E-state index in [1.165, 1.54) is 4.57 Å². The lowest BCUT2D eigenvalue weighted by molar-refractivity contribution is 0.0895. The third-order valence-electron chi connectivity index (χ3n) is 3.77. The van der Waals surface area contributed by atoms with Crippen LogP contribution in [0.2, 0.25) is 0 Å². The summed E-state index contributed by atoms with van der Waals surface area (Å²) in [5.41, 5.74) is 2.14. The fourth-order valence-corrected chi connectivity index (χ4v) is 2.26. The number of nitrogens with zero attached hydrogens (tertiary/aromatic N) is 3. The van der Waals surface area contributed by atoms with Gasteiger partial charge in [-0.25, -0.2) is 4.79 Å². The van der Waals surface area contributed by atoms with E-state index in [9.17, 15) is 9.59 Å². The molecule has 3 rings (SSSR count). The minimum atomic E-state index is -0.508. The Labute approximate surface area is 137 Å². The van der Waals surface area contributed by atoms with Gasteiger partial charge in [0.15, 0.2) is 11.4 Å². The normalized spacial score (nSPS) is 12.5. The third-order valence-corrected chi connectivity index (χ3v) is 3.77.